The van der Waals surface area contributed by atoms with Crippen LogP contribution in [-0.4, -0.2) is 11.1 Å². The predicted molar refractivity (Wildman–Crippen MR) is 57.3 cm³/mol. The second-order valence-electron chi connectivity index (χ2n) is 3.02. The van der Waals surface area contributed by atoms with Crippen molar-refractivity contribution in [3.8, 4) is 0 Å². The van der Waals surface area contributed by atoms with Gasteiger partial charge in [-0.1, -0.05) is 0 Å². The quantitative estimate of drug-likeness (QED) is 0.890. The molecule has 2 heterocycles. The van der Waals surface area contributed by atoms with E-state index in [1.807, 2.05) is 0 Å². The molecule has 0 unspecified atom stereocenters. The van der Waals surface area contributed by atoms with Crippen LogP contribution in [0.15, 0.2) is 33.7 Å². The van der Waals surface area contributed by atoms with Gasteiger partial charge in [0.25, 0.3) is 0 Å². The van der Waals surface area contributed by atoms with E-state index in [4.69, 9.17) is 0 Å². The monoisotopic (exact) mass is 239 g/mol. The number of hydrogen-bond acceptors (Lipinski definition) is 4. The first-order valence-electron chi connectivity index (χ1n) is 4.15. The molecule has 0 amide bonds. The van der Waals surface area contributed by atoms with Crippen LogP contribution in [0.2, 0.25) is 0 Å². The van der Waals surface area contributed by atoms with E-state index in [-0.39, 0.29) is 0 Å². The van der Waals surface area contributed by atoms with Gasteiger partial charge in [0.2, 0.25) is 5.60 Å². The molecule has 77 valence electrons. The standard InChI is InChI=1S/C10H7O3S2/c11-9(12)10(13,7-1-3-14-5-7)8-2-4-15-6-8/h1-6,13H. The first-order valence-corrected chi connectivity index (χ1v) is 6.03. The Labute approximate surface area is 94.2 Å². The first kappa shape index (κ1) is 10.4. The average molecular weight is 239 g/mol. The zero-order chi connectivity index (χ0) is 10.9. The summed E-state index contributed by atoms with van der Waals surface area (Å²) in [6.45, 7) is 0. The lowest BCUT2D eigenvalue weighted by Crippen LogP contribution is -2.35. The Balaban J connectivity index is 2.56. The van der Waals surface area contributed by atoms with Crippen LogP contribution >= 0.6 is 22.7 Å². The normalized spacial score (nSPS) is 11.5. The topological polar surface area (TPSA) is 57.2 Å². The zero-order valence-electron chi connectivity index (χ0n) is 7.54. The van der Waals surface area contributed by atoms with Gasteiger partial charge in [0.1, 0.15) is 0 Å². The van der Waals surface area contributed by atoms with Gasteiger partial charge in [-0.05, 0) is 33.7 Å². The summed E-state index contributed by atoms with van der Waals surface area (Å²) in [5, 5.41) is 27.9. The molecule has 2 aromatic rings. The van der Waals surface area contributed by atoms with Gasteiger partial charge in [-0.2, -0.15) is 22.7 Å². The molecule has 2 aromatic heterocycles. The predicted octanol–water partition coefficient (Wildman–Crippen LogP) is 2.00. The number of rotatable bonds is 3. The van der Waals surface area contributed by atoms with Crippen molar-refractivity contribution in [2.45, 2.75) is 5.60 Å². The van der Waals surface area contributed by atoms with Crippen molar-refractivity contribution < 1.29 is 15.0 Å². The van der Waals surface area contributed by atoms with E-state index in [1.54, 1.807) is 33.7 Å². The lowest BCUT2D eigenvalue weighted by molar-refractivity contribution is -0.161. The highest BCUT2D eigenvalue weighted by atomic mass is 32.1. The van der Waals surface area contributed by atoms with Crippen LogP contribution < -0.4 is 0 Å². The number of hydrogen-bond donors (Lipinski definition) is 1. The van der Waals surface area contributed by atoms with Crippen LogP contribution in [0.25, 0.3) is 0 Å². The van der Waals surface area contributed by atoms with Crippen LogP contribution in [0.3, 0.4) is 0 Å². The lowest BCUT2D eigenvalue weighted by Gasteiger charge is -2.19. The summed E-state index contributed by atoms with van der Waals surface area (Å²) in [5.74, 6) is -1.50. The molecule has 5 heteroatoms. The molecule has 0 atom stereocenters. The Morgan fingerprint density at radius 3 is 1.87 bits per heavy atom. The highest BCUT2D eigenvalue weighted by Crippen LogP contribution is 2.32. The molecule has 0 aliphatic rings. The highest BCUT2D eigenvalue weighted by molar-refractivity contribution is 7.08. The summed E-state index contributed by atoms with van der Waals surface area (Å²) < 4.78 is 0. The van der Waals surface area contributed by atoms with Gasteiger partial charge in [-0.15, -0.1) is 0 Å². The van der Waals surface area contributed by atoms with E-state index in [0.717, 1.165) is 0 Å². The van der Waals surface area contributed by atoms with Crippen LogP contribution in [0.4, 0.5) is 0 Å². The minimum atomic E-state index is -2.03. The molecule has 0 spiro atoms. The molecular weight excluding hydrogens is 232 g/mol. The van der Waals surface area contributed by atoms with Gasteiger partial charge < -0.3 is 5.11 Å². The summed E-state index contributed by atoms with van der Waals surface area (Å²) in [4.78, 5) is 11.1. The summed E-state index contributed by atoms with van der Waals surface area (Å²) in [6.07, 6.45) is 0. The van der Waals surface area contributed by atoms with Crippen LogP contribution in [0.5, 0.6) is 0 Å². The van der Waals surface area contributed by atoms with Crippen molar-refractivity contribution in [3.63, 3.8) is 0 Å². The summed E-state index contributed by atoms with van der Waals surface area (Å²) in [6, 6.07) is 3.16. The van der Waals surface area contributed by atoms with E-state index in [0.29, 0.717) is 11.1 Å². The number of carbonyl (C=O) groups is 1. The molecule has 0 bridgehead atoms. The maximum Gasteiger partial charge on any atom is 0.396 e. The fourth-order valence-electron chi connectivity index (χ4n) is 1.34. The fourth-order valence-corrected chi connectivity index (χ4v) is 2.74. The Kier molecular flexibility index (Phi) is 2.60. The van der Waals surface area contributed by atoms with Gasteiger partial charge >= 0.3 is 5.97 Å². The maximum atomic E-state index is 11.1. The second-order valence-corrected chi connectivity index (χ2v) is 4.58. The minimum absolute atomic E-state index is 0.339. The Morgan fingerprint density at radius 2 is 1.60 bits per heavy atom. The van der Waals surface area contributed by atoms with E-state index in [1.165, 1.54) is 22.7 Å². The molecule has 1 radical (unpaired) electrons. The van der Waals surface area contributed by atoms with Crippen LogP contribution in [0.1, 0.15) is 11.1 Å². The van der Waals surface area contributed by atoms with Crippen molar-refractivity contribution in [1.29, 1.82) is 0 Å². The van der Waals surface area contributed by atoms with Crippen molar-refractivity contribution in [2.24, 2.45) is 0 Å². The van der Waals surface area contributed by atoms with Gasteiger partial charge in [0, 0.05) is 11.1 Å². The van der Waals surface area contributed by atoms with Gasteiger partial charge in [-0.25, -0.2) is 9.90 Å². The minimum Gasteiger partial charge on any atom is -0.370 e. The number of thiophene rings is 2. The summed E-state index contributed by atoms with van der Waals surface area (Å²) in [5.41, 5.74) is -1.35. The zero-order valence-corrected chi connectivity index (χ0v) is 9.18. The number of carbonyl (C=O) groups excluding carboxylic acids is 1. The lowest BCUT2D eigenvalue weighted by atomic mass is 9.90. The van der Waals surface area contributed by atoms with Crippen molar-refractivity contribution >= 4 is 28.6 Å². The maximum absolute atomic E-state index is 11.1. The molecule has 3 nitrogen and oxygen atoms in total. The van der Waals surface area contributed by atoms with Crippen molar-refractivity contribution in [3.05, 3.63) is 44.8 Å². The molecule has 0 aliphatic heterocycles. The molecular formula is C10H7O3S2. The van der Waals surface area contributed by atoms with Gasteiger partial charge in [0.05, 0.1) is 0 Å². The Morgan fingerprint density at radius 1 is 1.13 bits per heavy atom. The fraction of sp³-hybridized carbons (Fsp3) is 0.100. The molecule has 15 heavy (non-hydrogen) atoms. The molecule has 0 saturated heterocycles. The largest absolute Gasteiger partial charge is 0.396 e. The average Bonchev–Trinajstić information content (AvgIpc) is 2.89. The summed E-state index contributed by atoms with van der Waals surface area (Å²) in [7, 11) is 0. The van der Waals surface area contributed by atoms with Crippen LogP contribution in [-0.2, 0) is 15.5 Å². The SMILES string of the molecule is [O]C(=O)C(O)(c1ccsc1)c1ccsc1. The third-order valence-electron chi connectivity index (χ3n) is 2.17. The second kappa shape index (κ2) is 3.77. The third-order valence-corrected chi connectivity index (χ3v) is 3.54. The van der Waals surface area contributed by atoms with Crippen molar-refractivity contribution in [2.75, 3.05) is 0 Å². The first-order chi connectivity index (χ1) is 7.15. The molecule has 0 aliphatic carbocycles. The van der Waals surface area contributed by atoms with E-state index < -0.39 is 11.6 Å². The Bertz CT molecular complexity index is 411. The molecule has 1 N–H and O–H groups in total. The Hall–Kier alpha value is -1.17. The van der Waals surface area contributed by atoms with E-state index in [9.17, 15) is 15.0 Å². The highest BCUT2D eigenvalue weighted by Gasteiger charge is 2.42. The summed E-state index contributed by atoms with van der Waals surface area (Å²) >= 11 is 2.67. The number of aliphatic hydroxyl groups is 1. The van der Waals surface area contributed by atoms with Crippen LogP contribution in [0, 0.1) is 0 Å². The van der Waals surface area contributed by atoms with Gasteiger partial charge in [0.15, 0.2) is 0 Å². The van der Waals surface area contributed by atoms with E-state index in [2.05, 4.69) is 0 Å². The molecule has 0 saturated carbocycles. The van der Waals surface area contributed by atoms with Crippen molar-refractivity contribution in [1.82, 2.24) is 0 Å². The molecule has 0 aromatic carbocycles. The third kappa shape index (κ3) is 1.58. The smallest absolute Gasteiger partial charge is 0.370 e. The molecule has 2 rings (SSSR count). The van der Waals surface area contributed by atoms with E-state index >= 15 is 0 Å². The van der Waals surface area contributed by atoms with Gasteiger partial charge in [-0.3, -0.25) is 0 Å². The molecule has 0 fully saturated rings.